The molecule has 5 rings (SSSR count). The maximum absolute atomic E-state index is 12.6. The van der Waals surface area contributed by atoms with E-state index in [1.165, 1.54) is 0 Å². The number of hydrogen-bond acceptors (Lipinski definition) is 5. The number of hydrogen-bond donors (Lipinski definition) is 1. The molecule has 28 heavy (non-hydrogen) atoms. The zero-order valence-corrected chi connectivity index (χ0v) is 16.4. The Balaban J connectivity index is 1.28. The third-order valence-corrected chi connectivity index (χ3v) is 5.16. The minimum Gasteiger partial charge on any atom is -0.339 e. The van der Waals surface area contributed by atoms with Gasteiger partial charge in [0.1, 0.15) is 11.3 Å². The van der Waals surface area contributed by atoms with E-state index in [2.05, 4.69) is 36.4 Å². The van der Waals surface area contributed by atoms with Crippen molar-refractivity contribution in [3.8, 4) is 0 Å². The van der Waals surface area contributed by atoms with Gasteiger partial charge >= 0.3 is 0 Å². The number of amides is 1. The first kappa shape index (κ1) is 17.1. The second-order valence-electron chi connectivity index (χ2n) is 6.87. The van der Waals surface area contributed by atoms with Crippen molar-refractivity contribution in [2.24, 2.45) is 0 Å². The summed E-state index contributed by atoms with van der Waals surface area (Å²) in [6.45, 7) is 0. The lowest BCUT2D eigenvalue weighted by Gasteiger charge is -2.06. The number of rotatable bonds is 5. The van der Waals surface area contributed by atoms with Crippen LogP contribution in [-0.4, -0.2) is 25.4 Å². The normalized spacial score (nSPS) is 13.8. The lowest BCUT2D eigenvalue weighted by atomic mass is 10.1. The van der Waals surface area contributed by atoms with E-state index in [1.54, 1.807) is 10.6 Å². The number of nitrogens with zero attached hydrogens (tertiary/aromatic N) is 4. The van der Waals surface area contributed by atoms with Crippen LogP contribution in [0.1, 0.15) is 46.5 Å². The second-order valence-corrected chi connectivity index (χ2v) is 7.78. The van der Waals surface area contributed by atoms with Crippen LogP contribution in [0.5, 0.6) is 0 Å². The minimum absolute atomic E-state index is 0.218. The van der Waals surface area contributed by atoms with Gasteiger partial charge in [-0.2, -0.15) is 4.98 Å². The van der Waals surface area contributed by atoms with E-state index < -0.39 is 0 Å². The Morgan fingerprint density at radius 3 is 2.82 bits per heavy atom. The third-order valence-electron chi connectivity index (χ3n) is 4.70. The largest absolute Gasteiger partial charge is 0.339 e. The van der Waals surface area contributed by atoms with Gasteiger partial charge in [-0.25, -0.2) is 4.98 Å². The molecular formula is C20H16BrN5O2. The molecule has 1 aliphatic carbocycles. The van der Waals surface area contributed by atoms with Gasteiger partial charge in [-0.3, -0.25) is 9.20 Å². The molecular weight excluding hydrogens is 422 g/mol. The Labute approximate surface area is 168 Å². The van der Waals surface area contributed by atoms with E-state index in [1.807, 2.05) is 42.6 Å². The monoisotopic (exact) mass is 437 g/mol. The standard InChI is InChI=1S/C20H16BrN5O2/c21-14-5-8-17-22-10-16(26(17)11-14)20(27)23-15-6-1-12(2-7-15)9-18-24-19(25-28-18)13-3-4-13/h1-2,5-8,10-11,13H,3-4,9H2,(H,23,27). The quantitative estimate of drug-likeness (QED) is 0.505. The maximum Gasteiger partial charge on any atom is 0.274 e. The van der Waals surface area contributed by atoms with Crippen molar-refractivity contribution in [3.63, 3.8) is 0 Å². The van der Waals surface area contributed by atoms with Crippen LogP contribution in [0.4, 0.5) is 5.69 Å². The first-order valence-electron chi connectivity index (χ1n) is 9.01. The maximum atomic E-state index is 12.6. The van der Waals surface area contributed by atoms with Crippen LogP contribution in [0.25, 0.3) is 5.65 Å². The lowest BCUT2D eigenvalue weighted by molar-refractivity contribution is 0.102. The molecule has 1 aliphatic rings. The van der Waals surface area contributed by atoms with Crippen molar-refractivity contribution >= 4 is 33.2 Å². The zero-order chi connectivity index (χ0) is 19.1. The number of carbonyl (C=O) groups excluding carboxylic acids is 1. The van der Waals surface area contributed by atoms with E-state index in [4.69, 9.17) is 4.52 Å². The molecule has 4 aromatic rings. The van der Waals surface area contributed by atoms with Crippen LogP contribution in [0.2, 0.25) is 0 Å². The molecule has 3 heterocycles. The van der Waals surface area contributed by atoms with Gasteiger partial charge in [0.25, 0.3) is 5.91 Å². The Morgan fingerprint density at radius 1 is 1.21 bits per heavy atom. The van der Waals surface area contributed by atoms with Crippen LogP contribution >= 0.6 is 15.9 Å². The Morgan fingerprint density at radius 2 is 2.04 bits per heavy atom. The fourth-order valence-corrected chi connectivity index (χ4v) is 3.38. The molecule has 0 bridgehead atoms. The highest BCUT2D eigenvalue weighted by Gasteiger charge is 2.28. The minimum atomic E-state index is -0.218. The van der Waals surface area contributed by atoms with E-state index in [0.717, 1.165) is 28.7 Å². The summed E-state index contributed by atoms with van der Waals surface area (Å²) in [5.41, 5.74) is 2.94. The summed E-state index contributed by atoms with van der Waals surface area (Å²) < 4.78 is 7.95. The molecule has 3 aromatic heterocycles. The van der Waals surface area contributed by atoms with Crippen molar-refractivity contribution in [2.75, 3.05) is 5.32 Å². The zero-order valence-electron chi connectivity index (χ0n) is 14.8. The average Bonchev–Trinajstić information content (AvgIpc) is 3.29. The number of fused-ring (bicyclic) bond motifs is 1. The molecule has 7 nitrogen and oxygen atoms in total. The summed E-state index contributed by atoms with van der Waals surface area (Å²) >= 11 is 3.42. The molecule has 140 valence electrons. The van der Waals surface area contributed by atoms with E-state index in [0.29, 0.717) is 35.3 Å². The number of carbonyl (C=O) groups is 1. The predicted octanol–water partition coefficient (Wildman–Crippen LogP) is 4.20. The Hall–Kier alpha value is -3.00. The number of imidazole rings is 1. The van der Waals surface area contributed by atoms with Crippen LogP contribution in [-0.2, 0) is 6.42 Å². The Kier molecular flexibility index (Phi) is 4.20. The van der Waals surface area contributed by atoms with Crippen molar-refractivity contribution in [1.82, 2.24) is 19.5 Å². The molecule has 0 spiro atoms. The topological polar surface area (TPSA) is 85.3 Å². The smallest absolute Gasteiger partial charge is 0.274 e. The van der Waals surface area contributed by atoms with Crippen LogP contribution in [0, 0.1) is 0 Å². The molecule has 1 aromatic carbocycles. The van der Waals surface area contributed by atoms with Crippen LogP contribution < -0.4 is 5.32 Å². The van der Waals surface area contributed by atoms with Gasteiger partial charge in [0.15, 0.2) is 5.82 Å². The molecule has 8 heteroatoms. The van der Waals surface area contributed by atoms with Gasteiger partial charge in [-0.15, -0.1) is 0 Å². The van der Waals surface area contributed by atoms with Crippen molar-refractivity contribution in [1.29, 1.82) is 0 Å². The number of halogens is 1. The van der Waals surface area contributed by atoms with Crippen molar-refractivity contribution in [2.45, 2.75) is 25.2 Å². The van der Waals surface area contributed by atoms with Gasteiger partial charge in [-0.05, 0) is 58.6 Å². The number of nitrogens with one attached hydrogen (secondary N) is 1. The predicted molar refractivity (Wildman–Crippen MR) is 106 cm³/mol. The SMILES string of the molecule is O=C(Nc1ccc(Cc2nc(C3CC3)no2)cc1)c1cnc2ccc(Br)cn12. The molecule has 0 saturated heterocycles. The van der Waals surface area contributed by atoms with Gasteiger partial charge in [0.2, 0.25) is 5.89 Å². The van der Waals surface area contributed by atoms with E-state index in [-0.39, 0.29) is 5.91 Å². The molecule has 0 unspecified atom stereocenters. The molecule has 1 N–H and O–H groups in total. The highest BCUT2D eigenvalue weighted by atomic mass is 79.9. The Bertz CT molecular complexity index is 1160. The average molecular weight is 438 g/mol. The third kappa shape index (κ3) is 3.43. The van der Waals surface area contributed by atoms with Crippen LogP contribution in [0.3, 0.4) is 0 Å². The summed E-state index contributed by atoms with van der Waals surface area (Å²) in [4.78, 5) is 21.3. The number of anilines is 1. The number of pyridine rings is 1. The highest BCUT2D eigenvalue weighted by molar-refractivity contribution is 9.10. The van der Waals surface area contributed by atoms with E-state index in [9.17, 15) is 4.79 Å². The molecule has 1 amide bonds. The van der Waals surface area contributed by atoms with Crippen molar-refractivity contribution in [3.05, 3.63) is 76.2 Å². The molecule has 0 atom stereocenters. The molecule has 1 saturated carbocycles. The van der Waals surface area contributed by atoms with Gasteiger partial charge in [0, 0.05) is 22.3 Å². The number of aromatic nitrogens is 4. The fourth-order valence-electron chi connectivity index (χ4n) is 3.05. The van der Waals surface area contributed by atoms with Gasteiger partial charge < -0.3 is 9.84 Å². The van der Waals surface area contributed by atoms with E-state index >= 15 is 0 Å². The molecule has 0 aliphatic heterocycles. The summed E-state index contributed by atoms with van der Waals surface area (Å²) in [5, 5.41) is 6.94. The second kappa shape index (κ2) is 6.87. The molecule has 0 radical (unpaired) electrons. The fraction of sp³-hybridized carbons (Fsp3) is 0.200. The van der Waals surface area contributed by atoms with Gasteiger partial charge in [0.05, 0.1) is 12.6 Å². The first-order valence-corrected chi connectivity index (χ1v) is 9.80. The lowest BCUT2D eigenvalue weighted by Crippen LogP contribution is -2.14. The van der Waals surface area contributed by atoms with Crippen molar-refractivity contribution < 1.29 is 9.32 Å². The summed E-state index contributed by atoms with van der Waals surface area (Å²) in [7, 11) is 0. The summed E-state index contributed by atoms with van der Waals surface area (Å²) in [6, 6.07) is 11.4. The molecule has 1 fully saturated rings. The van der Waals surface area contributed by atoms with Crippen LogP contribution in [0.15, 0.2) is 57.8 Å². The summed E-state index contributed by atoms with van der Waals surface area (Å²) in [6.07, 6.45) is 6.27. The number of benzene rings is 1. The highest BCUT2D eigenvalue weighted by Crippen LogP contribution is 2.38. The van der Waals surface area contributed by atoms with Gasteiger partial charge in [-0.1, -0.05) is 17.3 Å². The first-order chi connectivity index (χ1) is 13.7. The summed E-state index contributed by atoms with van der Waals surface area (Å²) in [5.74, 6) is 1.70.